The average Bonchev–Trinajstić information content (AvgIpc) is 1.64. The molecule has 0 N–H and O–H groups in total. The third-order valence-corrected chi connectivity index (χ3v) is 1.22. The largest absolute Gasteiger partial charge is 0.206 e. The van der Waals surface area contributed by atoms with E-state index in [2.05, 4.69) is 22.0 Å². The van der Waals surface area contributed by atoms with Gasteiger partial charge in [-0.05, 0) is 12.1 Å². The quantitative estimate of drug-likeness (QED) is 0.566. The van der Waals surface area contributed by atoms with Crippen molar-refractivity contribution in [3.05, 3.63) is 34.6 Å². The Labute approximate surface area is 55.5 Å². The highest BCUT2D eigenvalue weighted by Gasteiger charge is 1.87. The second-order valence-corrected chi connectivity index (χ2v) is 2.27. The van der Waals surface area contributed by atoms with E-state index in [1.807, 2.05) is 0 Å². The summed E-state index contributed by atoms with van der Waals surface area (Å²) in [6.45, 7) is 0. The minimum absolute atomic E-state index is 0.334. The van der Waals surface area contributed by atoms with Crippen molar-refractivity contribution in [1.29, 1.82) is 0 Å². The molecule has 0 aliphatic heterocycles. The molecule has 0 amide bonds. The Bertz CT molecular complexity index is 168. The maximum Gasteiger partial charge on any atom is 0.132 e. The van der Waals surface area contributed by atoms with Gasteiger partial charge in [0.2, 0.25) is 0 Å². The molecular formula is C6H3BrF. The number of rotatable bonds is 0. The molecule has 0 unspecified atom stereocenters. The molecule has 8 heavy (non-hydrogen) atoms. The summed E-state index contributed by atoms with van der Waals surface area (Å²) in [5.74, 6) is -0.334. The van der Waals surface area contributed by atoms with Crippen molar-refractivity contribution >= 4 is 15.9 Å². The monoisotopic (exact) mass is 173 g/mol. The molecule has 0 saturated carbocycles. The molecule has 1 aromatic rings. The molecule has 0 spiro atoms. The van der Waals surface area contributed by atoms with Crippen molar-refractivity contribution in [3.8, 4) is 0 Å². The van der Waals surface area contributed by atoms with Gasteiger partial charge < -0.3 is 0 Å². The lowest BCUT2D eigenvalue weighted by molar-refractivity contribution is 0.624. The predicted octanol–water partition coefficient (Wildman–Crippen LogP) is 2.39. The number of hydrogen-bond donors (Lipinski definition) is 0. The van der Waals surface area contributed by atoms with Gasteiger partial charge in [-0.3, -0.25) is 0 Å². The standard InChI is InChI=1S/C6H3BrF/c7-5-2-1-3-6(8)4-5/h1-2,4H. The lowest BCUT2D eigenvalue weighted by atomic mass is 10.4. The van der Waals surface area contributed by atoms with E-state index in [-0.39, 0.29) is 5.82 Å². The first kappa shape index (κ1) is 5.76. The van der Waals surface area contributed by atoms with E-state index in [1.165, 1.54) is 12.1 Å². The van der Waals surface area contributed by atoms with Crippen molar-refractivity contribution in [2.24, 2.45) is 0 Å². The summed E-state index contributed by atoms with van der Waals surface area (Å²) in [4.78, 5) is 0. The van der Waals surface area contributed by atoms with Crippen LogP contribution >= 0.6 is 15.9 Å². The summed E-state index contributed by atoms with van der Waals surface area (Å²) >= 11 is 3.10. The van der Waals surface area contributed by atoms with Crippen molar-refractivity contribution in [2.45, 2.75) is 0 Å². The zero-order valence-electron chi connectivity index (χ0n) is 3.99. The smallest absolute Gasteiger partial charge is 0.132 e. The normalized spacial score (nSPS) is 9.25. The molecule has 1 rings (SSSR count). The molecular weight excluding hydrogens is 171 g/mol. The molecule has 0 fully saturated rings. The van der Waals surface area contributed by atoms with E-state index < -0.39 is 0 Å². The minimum Gasteiger partial charge on any atom is -0.206 e. The highest BCUT2D eigenvalue weighted by atomic mass is 79.9. The van der Waals surface area contributed by atoms with Crippen LogP contribution in [0.15, 0.2) is 22.7 Å². The van der Waals surface area contributed by atoms with E-state index in [4.69, 9.17) is 0 Å². The first-order chi connectivity index (χ1) is 3.79. The van der Waals surface area contributed by atoms with Gasteiger partial charge in [0.25, 0.3) is 0 Å². The van der Waals surface area contributed by atoms with Crippen LogP contribution in [0, 0.1) is 11.9 Å². The van der Waals surface area contributed by atoms with E-state index in [1.54, 1.807) is 6.07 Å². The Morgan fingerprint density at radius 2 is 2.38 bits per heavy atom. The fourth-order valence-corrected chi connectivity index (χ4v) is 0.745. The molecule has 41 valence electrons. The van der Waals surface area contributed by atoms with Crippen LogP contribution in [0.4, 0.5) is 4.39 Å². The molecule has 1 radical (unpaired) electrons. The third-order valence-electron chi connectivity index (χ3n) is 0.728. The molecule has 0 nitrogen and oxygen atoms in total. The van der Waals surface area contributed by atoms with Crippen LogP contribution in [0.2, 0.25) is 0 Å². The maximum absolute atomic E-state index is 12.1. The van der Waals surface area contributed by atoms with Crippen molar-refractivity contribution in [2.75, 3.05) is 0 Å². The molecule has 0 atom stereocenters. The molecule has 0 heterocycles. The Kier molecular flexibility index (Phi) is 1.63. The van der Waals surface area contributed by atoms with E-state index in [0.29, 0.717) is 0 Å². The van der Waals surface area contributed by atoms with E-state index >= 15 is 0 Å². The van der Waals surface area contributed by atoms with Gasteiger partial charge in [-0.1, -0.05) is 22.0 Å². The van der Waals surface area contributed by atoms with Crippen LogP contribution in [0.3, 0.4) is 0 Å². The highest BCUT2D eigenvalue weighted by Crippen LogP contribution is 2.08. The highest BCUT2D eigenvalue weighted by molar-refractivity contribution is 9.10. The zero-order chi connectivity index (χ0) is 5.98. The lowest BCUT2D eigenvalue weighted by Gasteiger charge is -1.85. The van der Waals surface area contributed by atoms with E-state index in [0.717, 1.165) is 4.47 Å². The number of benzene rings is 1. The Morgan fingerprint density at radius 3 is 2.75 bits per heavy atom. The van der Waals surface area contributed by atoms with Crippen molar-refractivity contribution in [3.63, 3.8) is 0 Å². The summed E-state index contributed by atoms with van der Waals surface area (Å²) in [6.07, 6.45) is 0. The van der Waals surface area contributed by atoms with Gasteiger partial charge >= 0.3 is 0 Å². The minimum atomic E-state index is -0.334. The fourth-order valence-electron chi connectivity index (χ4n) is 0.412. The topological polar surface area (TPSA) is 0 Å². The van der Waals surface area contributed by atoms with Crippen molar-refractivity contribution < 1.29 is 4.39 Å². The molecule has 1 aromatic carbocycles. The Balaban J connectivity index is 3.08. The first-order valence-corrected chi connectivity index (χ1v) is 2.91. The van der Waals surface area contributed by atoms with Crippen LogP contribution < -0.4 is 0 Å². The van der Waals surface area contributed by atoms with Crippen molar-refractivity contribution in [1.82, 2.24) is 0 Å². The third kappa shape index (κ3) is 1.30. The van der Waals surface area contributed by atoms with Crippen LogP contribution in [0.25, 0.3) is 0 Å². The number of halogens is 2. The second kappa shape index (κ2) is 2.27. The number of hydrogen-bond acceptors (Lipinski definition) is 0. The van der Waals surface area contributed by atoms with Crippen LogP contribution in [-0.4, -0.2) is 0 Å². The van der Waals surface area contributed by atoms with Crippen LogP contribution in [-0.2, 0) is 0 Å². The molecule has 0 aliphatic rings. The molecule has 0 saturated heterocycles. The summed E-state index contributed by atoms with van der Waals surface area (Å²) in [6, 6.07) is 6.99. The van der Waals surface area contributed by atoms with Gasteiger partial charge in [0.15, 0.2) is 0 Å². The summed E-state index contributed by atoms with van der Waals surface area (Å²) in [7, 11) is 0. The summed E-state index contributed by atoms with van der Waals surface area (Å²) < 4.78 is 12.8. The van der Waals surface area contributed by atoms with Crippen LogP contribution in [0.5, 0.6) is 0 Å². The predicted molar refractivity (Wildman–Crippen MR) is 32.9 cm³/mol. The molecule has 0 aromatic heterocycles. The summed E-state index contributed by atoms with van der Waals surface area (Å²) in [5, 5.41) is 0. The van der Waals surface area contributed by atoms with Gasteiger partial charge in [-0.25, -0.2) is 4.39 Å². The van der Waals surface area contributed by atoms with Crippen LogP contribution in [0.1, 0.15) is 0 Å². The molecule has 0 aliphatic carbocycles. The van der Waals surface area contributed by atoms with E-state index in [9.17, 15) is 4.39 Å². The Morgan fingerprint density at radius 1 is 1.62 bits per heavy atom. The summed E-state index contributed by atoms with van der Waals surface area (Å²) in [5.41, 5.74) is 0. The lowest BCUT2D eigenvalue weighted by Crippen LogP contribution is -1.69. The molecule has 0 bridgehead atoms. The van der Waals surface area contributed by atoms with Gasteiger partial charge in [0.1, 0.15) is 5.82 Å². The fraction of sp³-hybridized carbons (Fsp3) is 0. The van der Waals surface area contributed by atoms with Gasteiger partial charge in [0.05, 0.1) is 0 Å². The Hall–Kier alpha value is -0.370. The SMILES string of the molecule is Fc1[c]ccc(Br)c1. The average molecular weight is 174 g/mol. The first-order valence-electron chi connectivity index (χ1n) is 2.12. The zero-order valence-corrected chi connectivity index (χ0v) is 5.57. The van der Waals surface area contributed by atoms with Gasteiger partial charge in [0, 0.05) is 10.5 Å². The molecule has 2 heteroatoms. The maximum atomic E-state index is 12.1. The van der Waals surface area contributed by atoms with Gasteiger partial charge in [-0.2, -0.15) is 0 Å². The van der Waals surface area contributed by atoms with Gasteiger partial charge in [-0.15, -0.1) is 0 Å². The second-order valence-electron chi connectivity index (χ2n) is 1.35.